The van der Waals surface area contributed by atoms with Gasteiger partial charge in [0.15, 0.2) is 0 Å². The van der Waals surface area contributed by atoms with Gasteiger partial charge in [-0.3, -0.25) is 14.9 Å². The zero-order valence-electron chi connectivity index (χ0n) is 14.7. The lowest BCUT2D eigenvalue weighted by Crippen LogP contribution is -2.43. The van der Waals surface area contributed by atoms with Crippen molar-refractivity contribution < 1.29 is 19.2 Å². The second-order valence-electron chi connectivity index (χ2n) is 7.03. The van der Waals surface area contributed by atoms with Gasteiger partial charge < -0.3 is 15.0 Å². The number of likely N-dealkylation sites (tertiary alicyclic amines) is 1. The number of urea groups is 1. The van der Waals surface area contributed by atoms with Crippen LogP contribution in [0.5, 0.6) is 0 Å². The van der Waals surface area contributed by atoms with E-state index in [4.69, 9.17) is 4.74 Å². The number of nitro groups is 1. The molecule has 0 spiro atoms. The molecule has 2 rings (SSSR count). The maximum absolute atomic E-state index is 12.3. The molecule has 0 radical (unpaired) electrons. The van der Waals surface area contributed by atoms with E-state index in [1.165, 1.54) is 24.3 Å². The van der Waals surface area contributed by atoms with E-state index >= 15 is 0 Å². The van der Waals surface area contributed by atoms with Crippen LogP contribution in [0.4, 0.5) is 16.2 Å². The van der Waals surface area contributed by atoms with Gasteiger partial charge in [-0.15, -0.1) is 0 Å². The first kappa shape index (κ1) is 18.7. The highest BCUT2D eigenvalue weighted by atomic mass is 16.6. The van der Waals surface area contributed by atoms with Crippen LogP contribution in [0.2, 0.25) is 0 Å². The zero-order valence-corrected chi connectivity index (χ0v) is 14.7. The summed E-state index contributed by atoms with van der Waals surface area (Å²) in [5.41, 5.74) is -0.0531. The SMILES string of the molecule is CC(C)(C)OC(=O)C1CCN(C(=O)Nc2ccc([N+](=O)[O-])cc2)CC1. The van der Waals surface area contributed by atoms with Gasteiger partial charge in [0.1, 0.15) is 5.60 Å². The van der Waals surface area contributed by atoms with E-state index in [1.54, 1.807) is 4.90 Å². The Balaban J connectivity index is 1.84. The summed E-state index contributed by atoms with van der Waals surface area (Å²) in [5, 5.41) is 13.3. The number of ether oxygens (including phenoxy) is 1. The summed E-state index contributed by atoms with van der Waals surface area (Å²) in [5.74, 6) is -0.412. The maximum Gasteiger partial charge on any atom is 0.321 e. The van der Waals surface area contributed by atoms with Crippen LogP contribution in [0.3, 0.4) is 0 Å². The molecule has 0 aromatic heterocycles. The summed E-state index contributed by atoms with van der Waals surface area (Å²) in [7, 11) is 0. The van der Waals surface area contributed by atoms with Gasteiger partial charge in [-0.1, -0.05) is 0 Å². The molecular formula is C17H23N3O5. The van der Waals surface area contributed by atoms with Gasteiger partial charge in [0.2, 0.25) is 0 Å². The number of nitrogens with one attached hydrogen (secondary N) is 1. The van der Waals surface area contributed by atoms with E-state index in [2.05, 4.69) is 5.32 Å². The number of nitrogens with zero attached hydrogens (tertiary/aromatic N) is 2. The van der Waals surface area contributed by atoms with E-state index in [9.17, 15) is 19.7 Å². The lowest BCUT2D eigenvalue weighted by molar-refractivity contribution is -0.384. The Hall–Kier alpha value is -2.64. The Morgan fingerprint density at radius 3 is 2.24 bits per heavy atom. The van der Waals surface area contributed by atoms with Crippen molar-refractivity contribution in [3.05, 3.63) is 34.4 Å². The Labute approximate surface area is 146 Å². The van der Waals surface area contributed by atoms with Crippen LogP contribution in [-0.4, -0.2) is 40.5 Å². The van der Waals surface area contributed by atoms with Crippen LogP contribution in [0.1, 0.15) is 33.6 Å². The van der Waals surface area contributed by atoms with Crippen molar-refractivity contribution in [1.82, 2.24) is 4.90 Å². The summed E-state index contributed by atoms with van der Waals surface area (Å²) in [6.45, 7) is 6.42. The van der Waals surface area contributed by atoms with E-state index in [-0.39, 0.29) is 23.6 Å². The number of carbonyl (C=O) groups excluding carboxylic acids is 2. The molecule has 0 saturated carbocycles. The van der Waals surface area contributed by atoms with Crippen LogP contribution in [0.15, 0.2) is 24.3 Å². The minimum Gasteiger partial charge on any atom is -0.460 e. The predicted molar refractivity (Wildman–Crippen MR) is 92.3 cm³/mol. The largest absolute Gasteiger partial charge is 0.460 e. The molecule has 25 heavy (non-hydrogen) atoms. The average Bonchev–Trinajstić information content (AvgIpc) is 2.54. The van der Waals surface area contributed by atoms with Gasteiger partial charge in [0, 0.05) is 30.9 Å². The summed E-state index contributed by atoms with van der Waals surface area (Å²) >= 11 is 0. The van der Waals surface area contributed by atoms with Gasteiger partial charge >= 0.3 is 12.0 Å². The van der Waals surface area contributed by atoms with E-state index in [0.29, 0.717) is 31.6 Å². The lowest BCUT2D eigenvalue weighted by Gasteiger charge is -2.32. The first-order chi connectivity index (χ1) is 11.7. The minimum absolute atomic E-state index is 0.0313. The van der Waals surface area contributed by atoms with Crippen LogP contribution in [0, 0.1) is 16.0 Å². The van der Waals surface area contributed by atoms with E-state index < -0.39 is 10.5 Å². The van der Waals surface area contributed by atoms with Crippen molar-refractivity contribution in [2.24, 2.45) is 5.92 Å². The molecule has 0 unspecified atom stereocenters. The van der Waals surface area contributed by atoms with Gasteiger partial charge in [-0.05, 0) is 45.7 Å². The van der Waals surface area contributed by atoms with Crippen molar-refractivity contribution in [1.29, 1.82) is 0 Å². The molecule has 136 valence electrons. The molecule has 1 aromatic carbocycles. The number of benzene rings is 1. The first-order valence-corrected chi connectivity index (χ1v) is 8.19. The van der Waals surface area contributed by atoms with Crippen molar-refractivity contribution in [2.75, 3.05) is 18.4 Å². The second-order valence-corrected chi connectivity index (χ2v) is 7.03. The number of anilines is 1. The molecule has 1 saturated heterocycles. The quantitative estimate of drug-likeness (QED) is 0.513. The van der Waals surface area contributed by atoms with Gasteiger partial charge in [-0.2, -0.15) is 0 Å². The number of rotatable bonds is 3. The maximum atomic E-state index is 12.3. The van der Waals surface area contributed by atoms with E-state index in [0.717, 1.165) is 0 Å². The molecule has 0 atom stereocenters. The summed E-state index contributed by atoms with van der Waals surface area (Å²) in [6, 6.07) is 5.37. The number of nitro benzene ring substituents is 1. The normalized spacial score (nSPS) is 15.6. The molecular weight excluding hydrogens is 326 g/mol. The molecule has 8 heteroatoms. The highest BCUT2D eigenvalue weighted by Gasteiger charge is 2.30. The molecule has 1 fully saturated rings. The number of carbonyl (C=O) groups is 2. The Morgan fingerprint density at radius 1 is 1.20 bits per heavy atom. The fourth-order valence-electron chi connectivity index (χ4n) is 2.57. The third kappa shape index (κ3) is 5.44. The minimum atomic E-state index is -0.512. The van der Waals surface area contributed by atoms with Crippen molar-refractivity contribution in [2.45, 2.75) is 39.2 Å². The average molecular weight is 349 g/mol. The summed E-state index contributed by atoms with van der Waals surface area (Å²) in [6.07, 6.45) is 1.12. The standard InChI is InChI=1S/C17H23N3O5/c1-17(2,3)25-15(21)12-8-10-19(11-9-12)16(22)18-13-4-6-14(7-5-13)20(23)24/h4-7,12H,8-11H2,1-3H3,(H,18,22). The Morgan fingerprint density at radius 2 is 1.76 bits per heavy atom. The molecule has 0 aliphatic carbocycles. The molecule has 1 aromatic rings. The Kier molecular flexibility index (Phi) is 5.61. The second kappa shape index (κ2) is 7.50. The predicted octanol–water partition coefficient (Wildman–Crippen LogP) is 3.18. The van der Waals surface area contributed by atoms with E-state index in [1.807, 2.05) is 20.8 Å². The number of esters is 1. The molecule has 1 heterocycles. The smallest absolute Gasteiger partial charge is 0.321 e. The topological polar surface area (TPSA) is 102 Å². The third-order valence-electron chi connectivity index (χ3n) is 3.85. The third-order valence-corrected chi connectivity index (χ3v) is 3.85. The van der Waals surface area contributed by atoms with Crippen LogP contribution in [-0.2, 0) is 9.53 Å². The zero-order chi connectivity index (χ0) is 18.6. The number of non-ortho nitro benzene ring substituents is 1. The molecule has 8 nitrogen and oxygen atoms in total. The number of hydrogen-bond acceptors (Lipinski definition) is 5. The highest BCUT2D eigenvalue weighted by molar-refractivity contribution is 5.89. The van der Waals surface area contributed by atoms with Crippen molar-refractivity contribution in [3.8, 4) is 0 Å². The van der Waals surface area contributed by atoms with Crippen molar-refractivity contribution >= 4 is 23.4 Å². The number of hydrogen-bond donors (Lipinski definition) is 1. The monoisotopic (exact) mass is 349 g/mol. The lowest BCUT2D eigenvalue weighted by atomic mass is 9.97. The summed E-state index contributed by atoms with van der Waals surface area (Å²) < 4.78 is 5.39. The van der Waals surface area contributed by atoms with Crippen LogP contribution >= 0.6 is 0 Å². The number of amides is 2. The molecule has 1 aliphatic rings. The number of piperidine rings is 1. The van der Waals surface area contributed by atoms with Gasteiger partial charge in [0.05, 0.1) is 10.8 Å². The van der Waals surface area contributed by atoms with Crippen molar-refractivity contribution in [3.63, 3.8) is 0 Å². The molecule has 1 aliphatic heterocycles. The molecule has 1 N–H and O–H groups in total. The fourth-order valence-corrected chi connectivity index (χ4v) is 2.57. The fraction of sp³-hybridized carbons (Fsp3) is 0.529. The Bertz CT molecular complexity index is 643. The molecule has 0 bridgehead atoms. The summed E-state index contributed by atoms with van der Waals surface area (Å²) in [4.78, 5) is 36.1. The van der Waals surface area contributed by atoms with Gasteiger partial charge in [-0.25, -0.2) is 4.79 Å². The first-order valence-electron chi connectivity index (χ1n) is 8.19. The molecule has 2 amide bonds. The van der Waals surface area contributed by atoms with Gasteiger partial charge in [0.25, 0.3) is 5.69 Å². The van der Waals surface area contributed by atoms with Crippen LogP contribution < -0.4 is 5.32 Å². The van der Waals surface area contributed by atoms with Crippen LogP contribution in [0.25, 0.3) is 0 Å². The highest BCUT2D eigenvalue weighted by Crippen LogP contribution is 2.22.